The van der Waals surface area contributed by atoms with Gasteiger partial charge in [-0.15, -0.1) is 0 Å². The molecule has 22 heavy (non-hydrogen) atoms. The first-order chi connectivity index (χ1) is 10.5. The Kier molecular flexibility index (Phi) is 5.04. The second kappa shape index (κ2) is 6.98. The van der Waals surface area contributed by atoms with Crippen LogP contribution in [0.3, 0.4) is 0 Å². The Morgan fingerprint density at radius 3 is 2.14 bits per heavy atom. The monoisotopic (exact) mass is 298 g/mol. The molecule has 2 N–H and O–H groups in total. The summed E-state index contributed by atoms with van der Waals surface area (Å²) in [4.78, 5) is 12.2. The molecule has 1 amide bonds. The smallest absolute Gasteiger partial charge is 0.246 e. The zero-order chi connectivity index (χ0) is 16.1. The molecular formula is C18H22N2O2. The van der Waals surface area contributed by atoms with Crippen LogP contribution in [0.2, 0.25) is 0 Å². The van der Waals surface area contributed by atoms with Crippen molar-refractivity contribution in [1.82, 2.24) is 0 Å². The van der Waals surface area contributed by atoms with Crippen LogP contribution < -0.4 is 15.4 Å². The molecule has 0 aliphatic heterocycles. The molecule has 0 heterocycles. The van der Waals surface area contributed by atoms with E-state index < -0.39 is 0 Å². The minimum atomic E-state index is -0.330. The van der Waals surface area contributed by atoms with Gasteiger partial charge in [-0.2, -0.15) is 0 Å². The number of aryl methyl sites for hydroxylation is 2. The lowest BCUT2D eigenvalue weighted by molar-refractivity contribution is -0.116. The average Bonchev–Trinajstić information content (AvgIpc) is 2.46. The molecule has 2 rings (SSSR count). The fourth-order valence-electron chi connectivity index (χ4n) is 2.30. The summed E-state index contributed by atoms with van der Waals surface area (Å²) in [6.07, 6.45) is 0. The molecule has 0 fully saturated rings. The van der Waals surface area contributed by atoms with Crippen molar-refractivity contribution in [2.24, 2.45) is 0 Å². The van der Waals surface area contributed by atoms with E-state index in [0.29, 0.717) is 0 Å². The first-order valence-electron chi connectivity index (χ1n) is 7.27. The van der Waals surface area contributed by atoms with E-state index in [4.69, 9.17) is 4.74 Å². The number of carbonyl (C=O) groups excluding carboxylic acids is 1. The Morgan fingerprint density at radius 1 is 1.00 bits per heavy atom. The van der Waals surface area contributed by atoms with Crippen molar-refractivity contribution in [3.63, 3.8) is 0 Å². The lowest BCUT2D eigenvalue weighted by Gasteiger charge is -2.16. The highest BCUT2D eigenvalue weighted by Crippen LogP contribution is 2.17. The summed E-state index contributed by atoms with van der Waals surface area (Å²) in [7, 11) is 1.61. The number of rotatable bonds is 5. The van der Waals surface area contributed by atoms with Crippen LogP contribution in [0, 0.1) is 13.8 Å². The molecule has 0 aromatic heterocycles. The van der Waals surface area contributed by atoms with Gasteiger partial charge in [0.25, 0.3) is 0 Å². The predicted molar refractivity (Wildman–Crippen MR) is 90.6 cm³/mol. The molecule has 2 aromatic carbocycles. The maximum absolute atomic E-state index is 12.2. The van der Waals surface area contributed by atoms with Gasteiger partial charge in [0.05, 0.1) is 7.11 Å². The number of hydrogen-bond donors (Lipinski definition) is 2. The van der Waals surface area contributed by atoms with Crippen LogP contribution >= 0.6 is 0 Å². The van der Waals surface area contributed by atoms with Crippen LogP contribution in [0.1, 0.15) is 18.1 Å². The molecule has 0 saturated heterocycles. The fourth-order valence-corrected chi connectivity index (χ4v) is 2.30. The third kappa shape index (κ3) is 4.25. The van der Waals surface area contributed by atoms with Gasteiger partial charge in [0.15, 0.2) is 0 Å². The maximum atomic E-state index is 12.2. The zero-order valence-electron chi connectivity index (χ0n) is 13.4. The Hall–Kier alpha value is -2.49. The van der Waals surface area contributed by atoms with Crippen molar-refractivity contribution in [2.45, 2.75) is 26.8 Å². The van der Waals surface area contributed by atoms with E-state index in [1.807, 2.05) is 57.2 Å². The van der Waals surface area contributed by atoms with Crippen LogP contribution in [0.15, 0.2) is 42.5 Å². The Morgan fingerprint density at radius 2 is 1.59 bits per heavy atom. The Balaban J connectivity index is 1.99. The summed E-state index contributed by atoms with van der Waals surface area (Å²) < 4.78 is 5.10. The summed E-state index contributed by atoms with van der Waals surface area (Å²) in [5.41, 5.74) is 4.05. The van der Waals surface area contributed by atoms with Crippen LogP contribution in [-0.2, 0) is 4.79 Å². The molecular weight excluding hydrogens is 276 g/mol. The van der Waals surface area contributed by atoms with E-state index in [9.17, 15) is 4.79 Å². The van der Waals surface area contributed by atoms with E-state index in [1.165, 1.54) is 11.1 Å². The molecule has 0 bridgehead atoms. The summed E-state index contributed by atoms with van der Waals surface area (Å²) in [5.74, 6) is 0.684. The highest BCUT2D eigenvalue weighted by Gasteiger charge is 2.13. The normalized spacial score (nSPS) is 11.6. The Bertz CT molecular complexity index is 630. The number of amides is 1. The van der Waals surface area contributed by atoms with Gasteiger partial charge in [-0.1, -0.05) is 6.07 Å². The van der Waals surface area contributed by atoms with E-state index in [2.05, 4.69) is 16.7 Å². The van der Waals surface area contributed by atoms with Crippen molar-refractivity contribution < 1.29 is 9.53 Å². The summed E-state index contributed by atoms with van der Waals surface area (Å²) in [6, 6.07) is 13.1. The van der Waals surface area contributed by atoms with Crippen LogP contribution in [-0.4, -0.2) is 19.1 Å². The van der Waals surface area contributed by atoms with E-state index in [-0.39, 0.29) is 11.9 Å². The van der Waals surface area contributed by atoms with Crippen molar-refractivity contribution in [3.05, 3.63) is 53.6 Å². The van der Waals surface area contributed by atoms with Crippen LogP contribution in [0.25, 0.3) is 0 Å². The van der Waals surface area contributed by atoms with Gasteiger partial charge >= 0.3 is 0 Å². The molecule has 116 valence electrons. The molecule has 4 heteroatoms. The highest BCUT2D eigenvalue weighted by molar-refractivity contribution is 5.96. The summed E-state index contributed by atoms with van der Waals surface area (Å²) >= 11 is 0. The molecule has 2 aromatic rings. The SMILES string of the molecule is COc1ccc(NC(=O)[C@@H](C)Nc2cc(C)cc(C)c2)cc1. The summed E-state index contributed by atoms with van der Waals surface area (Å²) in [6.45, 7) is 5.93. The van der Waals surface area contributed by atoms with Crippen molar-refractivity contribution in [1.29, 1.82) is 0 Å². The molecule has 0 aliphatic carbocycles. The first-order valence-corrected chi connectivity index (χ1v) is 7.27. The number of anilines is 2. The van der Waals surface area contributed by atoms with E-state index in [1.54, 1.807) is 7.11 Å². The molecule has 0 saturated carbocycles. The van der Waals surface area contributed by atoms with Crippen molar-refractivity contribution >= 4 is 17.3 Å². The largest absolute Gasteiger partial charge is 0.497 e. The van der Waals surface area contributed by atoms with E-state index >= 15 is 0 Å². The Labute approximate surface area is 131 Å². The van der Waals surface area contributed by atoms with Gasteiger partial charge in [-0.3, -0.25) is 4.79 Å². The summed E-state index contributed by atoms with van der Waals surface area (Å²) in [5, 5.41) is 6.11. The molecule has 0 radical (unpaired) electrons. The minimum Gasteiger partial charge on any atom is -0.497 e. The third-order valence-electron chi connectivity index (χ3n) is 3.36. The number of nitrogens with one attached hydrogen (secondary N) is 2. The van der Waals surface area contributed by atoms with Gasteiger partial charge in [0, 0.05) is 11.4 Å². The lowest BCUT2D eigenvalue weighted by atomic mass is 10.1. The standard InChI is InChI=1S/C18H22N2O2/c1-12-9-13(2)11-16(10-12)19-14(3)18(21)20-15-5-7-17(22-4)8-6-15/h5-11,14,19H,1-4H3,(H,20,21)/t14-/m1/s1. The minimum absolute atomic E-state index is 0.0793. The van der Waals surface area contributed by atoms with Gasteiger partial charge in [0.2, 0.25) is 5.91 Å². The van der Waals surface area contributed by atoms with Crippen molar-refractivity contribution in [2.75, 3.05) is 17.7 Å². The lowest BCUT2D eigenvalue weighted by Crippen LogP contribution is -2.31. The zero-order valence-corrected chi connectivity index (χ0v) is 13.4. The molecule has 0 spiro atoms. The number of methoxy groups -OCH3 is 1. The van der Waals surface area contributed by atoms with Crippen molar-refractivity contribution in [3.8, 4) is 5.75 Å². The molecule has 1 atom stereocenters. The predicted octanol–water partition coefficient (Wildman–Crippen LogP) is 3.75. The van der Waals surface area contributed by atoms with Crippen LogP contribution in [0.5, 0.6) is 5.75 Å². The second-order valence-electron chi connectivity index (χ2n) is 5.46. The fraction of sp³-hybridized carbons (Fsp3) is 0.278. The number of benzene rings is 2. The third-order valence-corrected chi connectivity index (χ3v) is 3.36. The quantitative estimate of drug-likeness (QED) is 0.884. The topological polar surface area (TPSA) is 50.4 Å². The maximum Gasteiger partial charge on any atom is 0.246 e. The number of hydrogen-bond acceptors (Lipinski definition) is 3. The first kappa shape index (κ1) is 15.9. The second-order valence-corrected chi connectivity index (χ2v) is 5.46. The number of carbonyl (C=O) groups is 1. The number of ether oxygens (including phenoxy) is 1. The van der Waals surface area contributed by atoms with Crippen LogP contribution in [0.4, 0.5) is 11.4 Å². The molecule has 4 nitrogen and oxygen atoms in total. The highest BCUT2D eigenvalue weighted by atomic mass is 16.5. The van der Waals surface area contributed by atoms with Gasteiger partial charge < -0.3 is 15.4 Å². The van der Waals surface area contributed by atoms with E-state index in [0.717, 1.165) is 17.1 Å². The van der Waals surface area contributed by atoms with Gasteiger partial charge in [-0.05, 0) is 68.3 Å². The molecule has 0 unspecified atom stereocenters. The van der Waals surface area contributed by atoms with Gasteiger partial charge in [0.1, 0.15) is 11.8 Å². The van der Waals surface area contributed by atoms with Gasteiger partial charge in [-0.25, -0.2) is 0 Å². The average molecular weight is 298 g/mol. The molecule has 0 aliphatic rings.